The number of nitrogens with one attached hydrogen (secondary N) is 1. The molecular weight excluding hydrogens is 502 g/mol. The average molecular weight is 532 g/mol. The van der Waals surface area contributed by atoms with Crippen molar-refractivity contribution >= 4 is 28.6 Å². The minimum absolute atomic E-state index is 0.208. The lowest BCUT2D eigenvalue weighted by molar-refractivity contribution is 0.0696. The lowest BCUT2D eigenvalue weighted by Gasteiger charge is -2.17. The van der Waals surface area contributed by atoms with E-state index in [0.717, 1.165) is 53.9 Å². The fraction of sp³-hybridized carbons (Fsp3) is 0.182. The minimum atomic E-state index is -0.969. The van der Waals surface area contributed by atoms with Crippen molar-refractivity contribution in [2.45, 2.75) is 38.3 Å². The van der Waals surface area contributed by atoms with Crippen LogP contribution < -0.4 is 10.1 Å². The van der Waals surface area contributed by atoms with Gasteiger partial charge < -0.3 is 19.7 Å². The Bertz CT molecular complexity index is 1650. The maximum Gasteiger partial charge on any atom is 0.335 e. The van der Waals surface area contributed by atoms with Crippen molar-refractivity contribution in [3.05, 3.63) is 114 Å². The Morgan fingerprint density at radius 1 is 0.875 bits per heavy atom. The largest absolute Gasteiger partial charge is 0.489 e. The van der Waals surface area contributed by atoms with Gasteiger partial charge in [-0.3, -0.25) is 4.79 Å². The maximum absolute atomic E-state index is 13.0. The van der Waals surface area contributed by atoms with Crippen molar-refractivity contribution < 1.29 is 19.4 Å². The van der Waals surface area contributed by atoms with E-state index in [-0.39, 0.29) is 11.5 Å². The van der Waals surface area contributed by atoms with Gasteiger partial charge in [0.25, 0.3) is 5.91 Å². The molecule has 4 aromatic carbocycles. The molecule has 2 N–H and O–H groups in total. The van der Waals surface area contributed by atoms with Gasteiger partial charge in [0.2, 0.25) is 0 Å². The number of aromatic carboxylic acids is 1. The molecule has 1 saturated carbocycles. The first-order valence-corrected chi connectivity index (χ1v) is 13.5. The molecule has 0 unspecified atom stereocenters. The molecule has 200 valence electrons. The zero-order chi connectivity index (χ0) is 27.5. The summed E-state index contributed by atoms with van der Waals surface area (Å²) in [6.45, 7) is 0.480. The van der Waals surface area contributed by atoms with E-state index in [1.54, 1.807) is 24.3 Å². The molecule has 0 atom stereocenters. The molecule has 1 heterocycles. The zero-order valence-electron chi connectivity index (χ0n) is 21.9. The maximum atomic E-state index is 13.0. The van der Waals surface area contributed by atoms with Crippen LogP contribution in [0.2, 0.25) is 0 Å². The first kappa shape index (κ1) is 25.4. The fourth-order valence-corrected chi connectivity index (χ4v) is 5.32. The van der Waals surface area contributed by atoms with E-state index in [1.807, 2.05) is 72.8 Å². The number of nitrogens with zero attached hydrogens (tertiary/aromatic N) is 2. The third kappa shape index (κ3) is 5.31. The van der Waals surface area contributed by atoms with Gasteiger partial charge in [-0.25, -0.2) is 9.78 Å². The number of fused-ring (bicyclic) bond motifs is 1. The highest BCUT2D eigenvalue weighted by Gasteiger charge is 2.24. The first-order valence-electron chi connectivity index (χ1n) is 13.5. The Morgan fingerprint density at radius 2 is 1.57 bits per heavy atom. The van der Waals surface area contributed by atoms with Gasteiger partial charge in [0.15, 0.2) is 0 Å². The van der Waals surface area contributed by atoms with Crippen LogP contribution >= 0.6 is 0 Å². The number of rotatable bonds is 8. The highest BCUT2D eigenvalue weighted by molar-refractivity contribution is 6.04. The summed E-state index contributed by atoms with van der Waals surface area (Å²) < 4.78 is 8.07. The van der Waals surface area contributed by atoms with E-state index in [1.165, 1.54) is 0 Å². The van der Waals surface area contributed by atoms with Crippen molar-refractivity contribution in [1.29, 1.82) is 0 Å². The van der Waals surface area contributed by atoms with Crippen LogP contribution in [-0.4, -0.2) is 26.5 Å². The van der Waals surface area contributed by atoms with E-state index >= 15 is 0 Å². The van der Waals surface area contributed by atoms with Gasteiger partial charge in [-0.2, -0.15) is 0 Å². The molecule has 0 aliphatic heterocycles. The number of benzene rings is 4. The van der Waals surface area contributed by atoms with E-state index in [4.69, 9.17) is 9.72 Å². The normalized spacial score (nSPS) is 13.4. The Kier molecular flexibility index (Phi) is 7.02. The Morgan fingerprint density at radius 3 is 2.27 bits per heavy atom. The van der Waals surface area contributed by atoms with Crippen LogP contribution in [0.15, 0.2) is 97.1 Å². The molecule has 1 aromatic heterocycles. The van der Waals surface area contributed by atoms with E-state index < -0.39 is 5.97 Å². The highest BCUT2D eigenvalue weighted by Crippen LogP contribution is 2.37. The Hall–Kier alpha value is -4.91. The number of hydrogen-bond donors (Lipinski definition) is 2. The van der Waals surface area contributed by atoms with Gasteiger partial charge in [0.05, 0.1) is 16.6 Å². The summed E-state index contributed by atoms with van der Waals surface area (Å²) in [4.78, 5) is 29.3. The van der Waals surface area contributed by atoms with Crippen molar-refractivity contribution in [3.63, 3.8) is 0 Å². The number of ether oxygens (including phenoxy) is 1. The van der Waals surface area contributed by atoms with Crippen LogP contribution in [0.1, 0.15) is 58.0 Å². The topological polar surface area (TPSA) is 93.4 Å². The van der Waals surface area contributed by atoms with Crippen LogP contribution in [0.25, 0.3) is 22.4 Å². The van der Waals surface area contributed by atoms with Crippen LogP contribution in [-0.2, 0) is 6.61 Å². The monoisotopic (exact) mass is 531 g/mol. The van der Waals surface area contributed by atoms with Gasteiger partial charge in [0, 0.05) is 22.9 Å². The molecule has 0 radical (unpaired) electrons. The predicted octanol–water partition coefficient (Wildman–Crippen LogP) is 7.35. The number of carboxylic acid groups (broad SMARTS) is 1. The number of hydrogen-bond acceptors (Lipinski definition) is 4. The molecule has 0 saturated heterocycles. The molecule has 5 aromatic rings. The predicted molar refractivity (Wildman–Crippen MR) is 155 cm³/mol. The van der Waals surface area contributed by atoms with E-state index in [9.17, 15) is 14.7 Å². The van der Waals surface area contributed by atoms with Gasteiger partial charge in [-0.05, 0) is 73.0 Å². The summed E-state index contributed by atoms with van der Waals surface area (Å²) in [6, 6.07) is 30.1. The second kappa shape index (κ2) is 11.1. The quantitative estimate of drug-likeness (QED) is 0.218. The molecule has 7 heteroatoms. The Balaban J connectivity index is 1.18. The standard InChI is InChI=1S/C33H29N3O4/c37-32(34-26-15-17-28(18-16-26)40-21-22-6-2-1-3-7-22)24-12-10-23(11-13-24)31-35-29-20-25(33(38)39)14-19-30(29)36(31)27-8-4-5-9-27/h1-3,6-7,10-20,27H,4-5,8-9,21H2,(H,34,37)(H,38,39). The molecule has 7 nitrogen and oxygen atoms in total. The number of carboxylic acids is 1. The number of imidazole rings is 1. The van der Waals surface area contributed by atoms with E-state index in [0.29, 0.717) is 29.4 Å². The summed E-state index contributed by atoms with van der Waals surface area (Å²) in [5.41, 5.74) is 5.01. The first-order chi connectivity index (χ1) is 19.5. The second-order valence-electron chi connectivity index (χ2n) is 10.1. The number of amides is 1. The molecule has 1 aliphatic carbocycles. The van der Waals surface area contributed by atoms with Crippen molar-refractivity contribution in [1.82, 2.24) is 9.55 Å². The number of carbonyl (C=O) groups excluding carboxylic acids is 1. The average Bonchev–Trinajstić information content (AvgIpc) is 3.65. The third-order valence-corrected chi connectivity index (χ3v) is 7.39. The summed E-state index contributed by atoms with van der Waals surface area (Å²) in [5, 5.41) is 12.4. The van der Waals surface area contributed by atoms with Crippen LogP contribution in [0.4, 0.5) is 5.69 Å². The molecule has 0 bridgehead atoms. The van der Waals surface area contributed by atoms with Crippen LogP contribution in [0.3, 0.4) is 0 Å². The molecule has 40 heavy (non-hydrogen) atoms. The number of anilines is 1. The van der Waals surface area contributed by atoms with Gasteiger partial charge in [0.1, 0.15) is 18.2 Å². The van der Waals surface area contributed by atoms with Gasteiger partial charge in [-0.1, -0.05) is 55.3 Å². The fourth-order valence-electron chi connectivity index (χ4n) is 5.32. The van der Waals surface area contributed by atoms with Crippen molar-refractivity contribution in [3.8, 4) is 17.1 Å². The van der Waals surface area contributed by atoms with E-state index in [2.05, 4.69) is 9.88 Å². The lowest BCUT2D eigenvalue weighted by atomic mass is 10.1. The second-order valence-corrected chi connectivity index (χ2v) is 10.1. The minimum Gasteiger partial charge on any atom is -0.489 e. The molecule has 1 aliphatic rings. The number of carbonyl (C=O) groups is 2. The molecule has 6 rings (SSSR count). The summed E-state index contributed by atoms with van der Waals surface area (Å²) in [5.74, 6) is 0.345. The summed E-state index contributed by atoms with van der Waals surface area (Å²) in [6.07, 6.45) is 4.46. The van der Waals surface area contributed by atoms with Gasteiger partial charge >= 0.3 is 5.97 Å². The summed E-state index contributed by atoms with van der Waals surface area (Å²) >= 11 is 0. The van der Waals surface area contributed by atoms with Crippen LogP contribution in [0.5, 0.6) is 5.75 Å². The molecule has 1 amide bonds. The van der Waals surface area contributed by atoms with Crippen LogP contribution in [0, 0.1) is 0 Å². The Labute approximate surface area is 232 Å². The van der Waals surface area contributed by atoms with Crippen molar-refractivity contribution in [2.75, 3.05) is 5.32 Å². The lowest BCUT2D eigenvalue weighted by Crippen LogP contribution is -2.12. The zero-order valence-corrected chi connectivity index (χ0v) is 21.9. The smallest absolute Gasteiger partial charge is 0.335 e. The molecule has 1 fully saturated rings. The highest BCUT2D eigenvalue weighted by atomic mass is 16.5. The molecule has 0 spiro atoms. The van der Waals surface area contributed by atoms with Crippen molar-refractivity contribution in [2.24, 2.45) is 0 Å². The number of aromatic nitrogens is 2. The molecular formula is C33H29N3O4. The summed E-state index contributed by atoms with van der Waals surface area (Å²) in [7, 11) is 0. The van der Waals surface area contributed by atoms with Gasteiger partial charge in [-0.15, -0.1) is 0 Å². The third-order valence-electron chi connectivity index (χ3n) is 7.39. The SMILES string of the molecule is O=C(O)c1ccc2c(c1)nc(-c1ccc(C(=O)Nc3ccc(OCc4ccccc4)cc3)cc1)n2C1CCCC1.